The van der Waals surface area contributed by atoms with Crippen LogP contribution in [0.4, 0.5) is 0 Å². The van der Waals surface area contributed by atoms with Gasteiger partial charge in [-0.15, -0.1) is 0 Å². The van der Waals surface area contributed by atoms with Crippen LogP contribution in [0.2, 0.25) is 0 Å². The molecule has 12 heteroatoms. The highest BCUT2D eigenvalue weighted by Gasteiger charge is 2.71. The molecule has 9 rings (SSSR count). The second-order valence-electron chi connectivity index (χ2n) is 14.0. The van der Waals surface area contributed by atoms with Crippen LogP contribution in [0.15, 0.2) is 65.6 Å². The fourth-order valence-corrected chi connectivity index (χ4v) is 12.6. The van der Waals surface area contributed by atoms with E-state index >= 15 is 0 Å². The highest BCUT2D eigenvalue weighted by atomic mass is 32.2. The van der Waals surface area contributed by atoms with Gasteiger partial charge in [0.05, 0.1) is 28.0 Å². The molecule has 7 atom stereocenters. The zero-order valence-corrected chi connectivity index (χ0v) is 27.6. The first-order valence-electron chi connectivity index (χ1n) is 16.0. The Kier molecular flexibility index (Phi) is 6.84. The number of aryl methyl sites for hydroxylation is 1. The third kappa shape index (κ3) is 4.55. The van der Waals surface area contributed by atoms with Crippen molar-refractivity contribution in [3.05, 3.63) is 94.0 Å². The molecule has 3 aromatic rings. The van der Waals surface area contributed by atoms with E-state index in [0.717, 1.165) is 11.1 Å². The van der Waals surface area contributed by atoms with Crippen molar-refractivity contribution in [1.29, 1.82) is 0 Å². The fourth-order valence-electron chi connectivity index (χ4n) is 9.35. The first kappa shape index (κ1) is 30.7. The molecule has 2 N–H and O–H groups in total. The summed E-state index contributed by atoms with van der Waals surface area (Å²) in [4.78, 5) is 27.7. The average molecular weight is 678 g/mol. The van der Waals surface area contributed by atoms with Gasteiger partial charge in [0.1, 0.15) is 11.9 Å². The Bertz CT molecular complexity index is 2030. The summed E-state index contributed by atoms with van der Waals surface area (Å²) >= 11 is 0. The SMILES string of the molecule is Cc1cc(S(=O)(=O)O)c(C(C)C)cc1OC(=O)C1C2CC3C(NS(=O)(=O)C31)C2OC(=O)C1CC2c3ccccc3C1c1ccccc12. The van der Waals surface area contributed by atoms with Crippen LogP contribution in [0.3, 0.4) is 0 Å². The van der Waals surface area contributed by atoms with Gasteiger partial charge in [-0.3, -0.25) is 14.1 Å². The van der Waals surface area contributed by atoms with Gasteiger partial charge >= 0.3 is 11.9 Å². The zero-order valence-electron chi connectivity index (χ0n) is 26.0. The summed E-state index contributed by atoms with van der Waals surface area (Å²) in [5.41, 5.74) is 5.21. The van der Waals surface area contributed by atoms with E-state index < -0.39 is 73.1 Å². The molecule has 7 unspecified atom stereocenters. The standard InChI is InChI=1S/C35H35NO9S2/c1-16(2)22-15-27(17(3)12-28(22)47(41,42)43)44-35(38)30-24-14-26-31(36-46(39,40)33(26)30)32(24)45-34(37)25-13-23-18-8-4-6-10-20(18)29(25)21-11-7-5-9-19(21)23/h4-12,15-16,23-26,29-33,36H,13-14H2,1-3H3,(H,41,42,43). The minimum atomic E-state index is -4.53. The average Bonchev–Trinajstić information content (AvgIpc) is 3.64. The Morgan fingerprint density at radius 2 is 1.53 bits per heavy atom. The molecule has 0 aromatic heterocycles. The van der Waals surface area contributed by atoms with Crippen molar-refractivity contribution in [2.75, 3.05) is 0 Å². The molecule has 0 radical (unpaired) electrons. The minimum absolute atomic E-state index is 0.0493. The highest BCUT2D eigenvalue weighted by Crippen LogP contribution is 2.59. The van der Waals surface area contributed by atoms with Crippen LogP contribution in [0.1, 0.15) is 77.8 Å². The molecule has 5 aliphatic carbocycles. The van der Waals surface area contributed by atoms with Crippen LogP contribution in [0.25, 0.3) is 0 Å². The number of hydrogen-bond donors (Lipinski definition) is 2. The highest BCUT2D eigenvalue weighted by molar-refractivity contribution is 7.90. The van der Waals surface area contributed by atoms with E-state index in [1.54, 1.807) is 20.8 Å². The number of hydrogen-bond acceptors (Lipinski definition) is 8. The monoisotopic (exact) mass is 677 g/mol. The Balaban J connectivity index is 1.09. The summed E-state index contributed by atoms with van der Waals surface area (Å²) in [6.45, 7) is 5.03. The van der Waals surface area contributed by atoms with E-state index in [0.29, 0.717) is 18.4 Å². The Hall–Kier alpha value is -3.58. The van der Waals surface area contributed by atoms with Crippen LogP contribution in [-0.2, 0) is 34.5 Å². The molecule has 0 spiro atoms. The lowest BCUT2D eigenvalue weighted by molar-refractivity contribution is -0.162. The summed E-state index contributed by atoms with van der Waals surface area (Å²) in [6, 6.07) is 18.4. The minimum Gasteiger partial charge on any atom is -0.460 e. The summed E-state index contributed by atoms with van der Waals surface area (Å²) in [6.07, 6.45) is 0.137. The summed E-state index contributed by atoms with van der Waals surface area (Å²) in [7, 11) is -8.44. The lowest BCUT2D eigenvalue weighted by Gasteiger charge is -2.45. The fraction of sp³-hybridized carbons (Fsp3) is 0.429. The Labute approximate surface area is 273 Å². The molecule has 10 nitrogen and oxygen atoms in total. The second kappa shape index (κ2) is 10.5. The van der Waals surface area contributed by atoms with Crippen LogP contribution < -0.4 is 9.46 Å². The Morgan fingerprint density at radius 1 is 0.915 bits per heavy atom. The van der Waals surface area contributed by atoms with Gasteiger partial charge in [0.2, 0.25) is 10.0 Å². The smallest absolute Gasteiger partial charge is 0.316 e. The van der Waals surface area contributed by atoms with Crippen molar-refractivity contribution in [1.82, 2.24) is 4.72 Å². The molecule has 3 fully saturated rings. The molecular weight excluding hydrogens is 643 g/mol. The van der Waals surface area contributed by atoms with Crippen LogP contribution in [0.5, 0.6) is 5.75 Å². The number of sulfonamides is 1. The quantitative estimate of drug-likeness (QED) is 0.219. The molecule has 0 amide bonds. The first-order valence-corrected chi connectivity index (χ1v) is 19.0. The lowest BCUT2D eigenvalue weighted by Crippen LogP contribution is -2.49. The number of carbonyl (C=O) groups is 2. The van der Waals surface area contributed by atoms with Crippen LogP contribution >= 0.6 is 0 Å². The van der Waals surface area contributed by atoms with E-state index in [9.17, 15) is 31.0 Å². The number of carbonyl (C=O) groups excluding carboxylic acids is 2. The van der Waals surface area contributed by atoms with E-state index in [-0.39, 0.29) is 34.0 Å². The first-order chi connectivity index (χ1) is 22.3. The van der Waals surface area contributed by atoms with Crippen molar-refractivity contribution in [2.45, 2.75) is 73.7 Å². The molecule has 47 heavy (non-hydrogen) atoms. The van der Waals surface area contributed by atoms with E-state index in [2.05, 4.69) is 29.0 Å². The topological polar surface area (TPSA) is 153 Å². The number of esters is 2. The van der Waals surface area contributed by atoms with Gasteiger partial charge in [-0.05, 0) is 77.1 Å². The van der Waals surface area contributed by atoms with Gasteiger partial charge in [-0.25, -0.2) is 13.1 Å². The van der Waals surface area contributed by atoms with E-state index in [1.165, 1.54) is 23.3 Å². The molecule has 4 bridgehead atoms. The van der Waals surface area contributed by atoms with Crippen molar-refractivity contribution in [3.63, 3.8) is 0 Å². The largest absolute Gasteiger partial charge is 0.460 e. The number of ether oxygens (including phenoxy) is 2. The maximum absolute atomic E-state index is 14.1. The number of nitrogens with one attached hydrogen (secondary N) is 1. The molecule has 1 aliphatic heterocycles. The number of benzene rings is 3. The van der Waals surface area contributed by atoms with Gasteiger partial charge in [-0.1, -0.05) is 62.4 Å². The molecule has 1 heterocycles. The lowest BCUT2D eigenvalue weighted by atomic mass is 9.59. The third-order valence-electron chi connectivity index (χ3n) is 11.2. The summed E-state index contributed by atoms with van der Waals surface area (Å²) in [5, 5.41) is -1.02. The maximum Gasteiger partial charge on any atom is 0.316 e. The van der Waals surface area contributed by atoms with Crippen molar-refractivity contribution in [3.8, 4) is 5.75 Å². The molecule has 3 aromatic carbocycles. The predicted octanol–water partition coefficient (Wildman–Crippen LogP) is 4.42. The Morgan fingerprint density at radius 3 is 2.13 bits per heavy atom. The van der Waals surface area contributed by atoms with E-state index in [1.807, 2.05) is 24.3 Å². The van der Waals surface area contributed by atoms with Crippen LogP contribution in [0, 0.1) is 30.6 Å². The molecule has 246 valence electrons. The van der Waals surface area contributed by atoms with Crippen molar-refractivity contribution >= 4 is 32.1 Å². The number of fused-ring (bicyclic) bond motifs is 2. The molecule has 6 aliphatic rings. The second-order valence-corrected chi connectivity index (χ2v) is 17.2. The predicted molar refractivity (Wildman–Crippen MR) is 170 cm³/mol. The molecule has 1 saturated heterocycles. The van der Waals surface area contributed by atoms with Gasteiger partial charge in [-0.2, -0.15) is 8.42 Å². The van der Waals surface area contributed by atoms with E-state index in [4.69, 9.17) is 9.47 Å². The van der Waals surface area contributed by atoms with Gasteiger partial charge in [0.15, 0.2) is 0 Å². The summed E-state index contributed by atoms with van der Waals surface area (Å²) < 4.78 is 75.4. The van der Waals surface area contributed by atoms with Crippen LogP contribution in [-0.4, -0.2) is 50.7 Å². The van der Waals surface area contributed by atoms with Gasteiger partial charge in [0, 0.05) is 17.8 Å². The molecule has 2 saturated carbocycles. The van der Waals surface area contributed by atoms with Crippen molar-refractivity contribution < 1.29 is 40.5 Å². The van der Waals surface area contributed by atoms with Gasteiger partial charge < -0.3 is 9.47 Å². The number of rotatable bonds is 6. The zero-order chi connectivity index (χ0) is 33.2. The molecular formula is C35H35NO9S2. The maximum atomic E-state index is 14.1. The summed E-state index contributed by atoms with van der Waals surface area (Å²) in [5.74, 6) is -4.08. The third-order valence-corrected chi connectivity index (χ3v) is 14.1. The van der Waals surface area contributed by atoms with Crippen molar-refractivity contribution in [2.24, 2.45) is 23.7 Å². The normalized spacial score (nSPS) is 32.2. The van der Waals surface area contributed by atoms with Gasteiger partial charge in [0.25, 0.3) is 10.1 Å².